The standard InChI is InChI=1S/C15H14BrClN2O/c1-9-3-2-4-11(7-9)19-14(15(18)20)12-6-5-10(16)8-13(12)17/h2-8,14,19H,1H3,(H2,18,20). The summed E-state index contributed by atoms with van der Waals surface area (Å²) in [5.74, 6) is -0.476. The van der Waals surface area contributed by atoms with Crippen molar-refractivity contribution in [2.24, 2.45) is 5.73 Å². The number of halogens is 2. The average molecular weight is 354 g/mol. The van der Waals surface area contributed by atoms with Crippen molar-refractivity contribution in [2.75, 3.05) is 5.32 Å². The monoisotopic (exact) mass is 352 g/mol. The molecule has 0 radical (unpaired) electrons. The van der Waals surface area contributed by atoms with Crippen LogP contribution in [0.3, 0.4) is 0 Å². The van der Waals surface area contributed by atoms with Crippen molar-refractivity contribution in [3.63, 3.8) is 0 Å². The van der Waals surface area contributed by atoms with Crippen LogP contribution in [0.25, 0.3) is 0 Å². The van der Waals surface area contributed by atoms with Gasteiger partial charge in [0.05, 0.1) is 0 Å². The van der Waals surface area contributed by atoms with Crippen LogP contribution in [0.2, 0.25) is 5.02 Å². The molecule has 1 amide bonds. The Morgan fingerprint density at radius 3 is 2.65 bits per heavy atom. The van der Waals surface area contributed by atoms with Crippen molar-refractivity contribution in [1.82, 2.24) is 0 Å². The van der Waals surface area contributed by atoms with Gasteiger partial charge in [-0.05, 0) is 36.8 Å². The maximum atomic E-state index is 11.7. The predicted octanol–water partition coefficient (Wildman–Crippen LogP) is 4.05. The van der Waals surface area contributed by atoms with Crippen LogP contribution in [0.4, 0.5) is 5.69 Å². The lowest BCUT2D eigenvalue weighted by atomic mass is 10.1. The SMILES string of the molecule is Cc1cccc(NC(C(N)=O)c2ccc(Br)cc2Cl)c1. The molecule has 1 unspecified atom stereocenters. The third-order valence-corrected chi connectivity index (χ3v) is 3.71. The van der Waals surface area contributed by atoms with Gasteiger partial charge in [0.1, 0.15) is 6.04 Å². The van der Waals surface area contributed by atoms with E-state index in [0.717, 1.165) is 15.7 Å². The first-order valence-corrected chi connectivity index (χ1v) is 7.22. The summed E-state index contributed by atoms with van der Waals surface area (Å²) in [6.45, 7) is 1.98. The van der Waals surface area contributed by atoms with E-state index in [0.29, 0.717) is 10.6 Å². The molecule has 1 atom stereocenters. The smallest absolute Gasteiger partial charge is 0.244 e. The fourth-order valence-corrected chi connectivity index (χ4v) is 2.72. The molecule has 5 heteroatoms. The Morgan fingerprint density at radius 2 is 2.05 bits per heavy atom. The van der Waals surface area contributed by atoms with Gasteiger partial charge in [-0.1, -0.05) is 45.7 Å². The second kappa shape index (κ2) is 6.29. The Balaban J connectivity index is 2.34. The molecule has 0 fully saturated rings. The first-order chi connectivity index (χ1) is 9.47. The second-order valence-corrected chi connectivity index (χ2v) is 5.84. The minimum Gasteiger partial charge on any atom is -0.370 e. The van der Waals surface area contributed by atoms with Crippen LogP contribution < -0.4 is 11.1 Å². The molecule has 0 aliphatic carbocycles. The second-order valence-electron chi connectivity index (χ2n) is 4.52. The Bertz CT molecular complexity index is 646. The van der Waals surface area contributed by atoms with Crippen LogP contribution in [0.5, 0.6) is 0 Å². The highest BCUT2D eigenvalue weighted by Crippen LogP contribution is 2.29. The summed E-state index contributed by atoms with van der Waals surface area (Å²) in [7, 11) is 0. The van der Waals surface area contributed by atoms with Crippen molar-refractivity contribution in [3.05, 3.63) is 63.1 Å². The molecule has 0 aromatic heterocycles. The van der Waals surface area contributed by atoms with Gasteiger partial charge in [-0.2, -0.15) is 0 Å². The van der Waals surface area contributed by atoms with Gasteiger partial charge >= 0.3 is 0 Å². The normalized spacial score (nSPS) is 11.9. The molecule has 0 aliphatic heterocycles. The largest absolute Gasteiger partial charge is 0.370 e. The van der Waals surface area contributed by atoms with Crippen molar-refractivity contribution in [2.45, 2.75) is 13.0 Å². The Kier molecular flexibility index (Phi) is 4.68. The zero-order chi connectivity index (χ0) is 14.7. The molecule has 20 heavy (non-hydrogen) atoms. The van der Waals surface area contributed by atoms with Crippen molar-refractivity contribution in [3.8, 4) is 0 Å². The number of nitrogens with two attached hydrogens (primary N) is 1. The molecule has 0 aliphatic rings. The van der Waals surface area contributed by atoms with Crippen molar-refractivity contribution >= 4 is 39.1 Å². The molecule has 2 aromatic carbocycles. The first kappa shape index (κ1) is 14.9. The van der Waals surface area contributed by atoms with Gasteiger partial charge in [-0.3, -0.25) is 4.79 Å². The molecule has 2 aromatic rings. The summed E-state index contributed by atoms with van der Waals surface area (Å²) in [4.78, 5) is 11.7. The molecular formula is C15H14BrClN2O. The van der Waals surface area contributed by atoms with E-state index in [-0.39, 0.29) is 0 Å². The Hall–Kier alpha value is -1.52. The van der Waals surface area contributed by atoms with E-state index in [1.54, 1.807) is 12.1 Å². The van der Waals surface area contributed by atoms with Crippen LogP contribution in [-0.4, -0.2) is 5.91 Å². The summed E-state index contributed by atoms with van der Waals surface area (Å²) in [6, 6.07) is 12.4. The minimum absolute atomic E-state index is 0.476. The molecule has 3 N–H and O–H groups in total. The van der Waals surface area contributed by atoms with Gasteiger partial charge in [0.2, 0.25) is 5.91 Å². The highest BCUT2D eigenvalue weighted by atomic mass is 79.9. The molecular weight excluding hydrogens is 340 g/mol. The quantitative estimate of drug-likeness (QED) is 0.871. The number of anilines is 1. The van der Waals surface area contributed by atoms with Gasteiger partial charge < -0.3 is 11.1 Å². The first-order valence-electron chi connectivity index (χ1n) is 6.05. The predicted molar refractivity (Wildman–Crippen MR) is 85.9 cm³/mol. The minimum atomic E-state index is -0.669. The maximum Gasteiger partial charge on any atom is 0.244 e. The van der Waals surface area contributed by atoms with Crippen LogP contribution in [0.15, 0.2) is 46.9 Å². The van der Waals surface area contributed by atoms with E-state index in [4.69, 9.17) is 17.3 Å². The lowest BCUT2D eigenvalue weighted by Gasteiger charge is -2.19. The molecule has 0 bridgehead atoms. The summed E-state index contributed by atoms with van der Waals surface area (Å²) in [6.07, 6.45) is 0. The molecule has 0 heterocycles. The van der Waals surface area contributed by atoms with Gasteiger partial charge in [0.15, 0.2) is 0 Å². The number of nitrogens with one attached hydrogen (secondary N) is 1. The molecule has 0 saturated carbocycles. The number of hydrogen-bond acceptors (Lipinski definition) is 2. The van der Waals surface area contributed by atoms with Crippen molar-refractivity contribution < 1.29 is 4.79 Å². The number of primary amides is 1. The summed E-state index contributed by atoms with van der Waals surface area (Å²) >= 11 is 9.53. The molecule has 3 nitrogen and oxygen atoms in total. The third-order valence-electron chi connectivity index (χ3n) is 2.89. The van der Waals surface area contributed by atoms with Crippen LogP contribution in [-0.2, 0) is 4.79 Å². The fourth-order valence-electron chi connectivity index (χ4n) is 1.94. The van der Waals surface area contributed by atoms with Crippen LogP contribution in [0, 0.1) is 6.92 Å². The Morgan fingerprint density at radius 1 is 1.30 bits per heavy atom. The van der Waals surface area contributed by atoms with Gasteiger partial charge in [0.25, 0.3) is 0 Å². The number of hydrogen-bond donors (Lipinski definition) is 2. The number of benzene rings is 2. The van der Waals surface area contributed by atoms with E-state index >= 15 is 0 Å². The van der Waals surface area contributed by atoms with Crippen LogP contribution >= 0.6 is 27.5 Å². The summed E-state index contributed by atoms with van der Waals surface area (Å²) in [5.41, 5.74) is 8.07. The fraction of sp³-hybridized carbons (Fsp3) is 0.133. The van der Waals surface area contributed by atoms with E-state index in [1.807, 2.05) is 37.3 Å². The number of carbonyl (C=O) groups excluding carboxylic acids is 1. The molecule has 104 valence electrons. The Labute approximate surface area is 131 Å². The number of amides is 1. The number of rotatable bonds is 4. The topological polar surface area (TPSA) is 55.1 Å². The third kappa shape index (κ3) is 3.52. The molecule has 0 spiro atoms. The highest BCUT2D eigenvalue weighted by Gasteiger charge is 2.20. The maximum absolute atomic E-state index is 11.7. The van der Waals surface area contributed by atoms with E-state index in [9.17, 15) is 4.79 Å². The lowest BCUT2D eigenvalue weighted by molar-refractivity contribution is -0.118. The van der Waals surface area contributed by atoms with Crippen LogP contribution in [0.1, 0.15) is 17.2 Å². The van der Waals surface area contributed by atoms with Crippen molar-refractivity contribution in [1.29, 1.82) is 0 Å². The van der Waals surface area contributed by atoms with E-state index in [2.05, 4.69) is 21.2 Å². The van der Waals surface area contributed by atoms with Gasteiger partial charge in [-0.25, -0.2) is 0 Å². The average Bonchev–Trinajstić information content (AvgIpc) is 2.36. The zero-order valence-electron chi connectivity index (χ0n) is 10.9. The summed E-state index contributed by atoms with van der Waals surface area (Å²) in [5, 5.41) is 3.61. The van der Waals surface area contributed by atoms with Gasteiger partial charge in [0, 0.05) is 20.7 Å². The lowest BCUT2D eigenvalue weighted by Crippen LogP contribution is -2.28. The number of carbonyl (C=O) groups is 1. The number of aryl methyl sites for hydroxylation is 1. The van der Waals surface area contributed by atoms with E-state index in [1.165, 1.54) is 0 Å². The zero-order valence-corrected chi connectivity index (χ0v) is 13.2. The highest BCUT2D eigenvalue weighted by molar-refractivity contribution is 9.10. The summed E-state index contributed by atoms with van der Waals surface area (Å²) < 4.78 is 0.852. The molecule has 2 rings (SSSR count). The van der Waals surface area contributed by atoms with E-state index < -0.39 is 11.9 Å². The molecule has 0 saturated heterocycles. The van der Waals surface area contributed by atoms with Gasteiger partial charge in [-0.15, -0.1) is 0 Å².